The second kappa shape index (κ2) is 5.50. The lowest BCUT2D eigenvalue weighted by atomic mass is 10.1. The summed E-state index contributed by atoms with van der Waals surface area (Å²) < 4.78 is 19.8. The minimum absolute atomic E-state index is 0.148. The van der Waals surface area contributed by atoms with Gasteiger partial charge in [0.15, 0.2) is 11.6 Å². The third-order valence-electron chi connectivity index (χ3n) is 2.64. The van der Waals surface area contributed by atoms with Gasteiger partial charge in [0, 0.05) is 17.8 Å². The summed E-state index contributed by atoms with van der Waals surface area (Å²) in [5, 5.41) is 8.97. The van der Waals surface area contributed by atoms with Crippen LogP contribution < -0.4 is 10.5 Å². The summed E-state index contributed by atoms with van der Waals surface area (Å²) in [6, 6.07) is 7.27. The van der Waals surface area contributed by atoms with Gasteiger partial charge in [-0.2, -0.15) is 0 Å². The quantitative estimate of drug-likeness (QED) is 0.830. The van der Waals surface area contributed by atoms with Gasteiger partial charge >= 0.3 is 5.97 Å². The Morgan fingerprint density at radius 2 is 2.00 bits per heavy atom. The zero-order valence-electron chi connectivity index (χ0n) is 10.5. The first kappa shape index (κ1) is 14.3. The molecule has 0 spiro atoms. The second-order valence-corrected chi connectivity index (χ2v) is 5.07. The molecule has 3 N–H and O–H groups in total. The maximum absolute atomic E-state index is 13.8. The average molecular weight is 340 g/mol. The summed E-state index contributed by atoms with van der Waals surface area (Å²) in [6.07, 6.45) is 0. The third kappa shape index (κ3) is 2.91. The Labute approximate surface area is 123 Å². The van der Waals surface area contributed by atoms with Gasteiger partial charge in [0.25, 0.3) is 0 Å². The van der Waals surface area contributed by atoms with Crippen molar-refractivity contribution in [3.8, 4) is 11.5 Å². The summed E-state index contributed by atoms with van der Waals surface area (Å²) in [7, 11) is 0. The van der Waals surface area contributed by atoms with Crippen molar-refractivity contribution < 1.29 is 19.0 Å². The molecule has 0 fully saturated rings. The molecule has 0 bridgehead atoms. The van der Waals surface area contributed by atoms with E-state index in [0.29, 0.717) is 10.2 Å². The number of carboxylic acid groups (broad SMARTS) is 1. The summed E-state index contributed by atoms with van der Waals surface area (Å²) >= 11 is 3.30. The van der Waals surface area contributed by atoms with E-state index in [1.165, 1.54) is 0 Å². The summed E-state index contributed by atoms with van der Waals surface area (Å²) in [6.45, 7) is 1.90. The van der Waals surface area contributed by atoms with E-state index in [9.17, 15) is 9.18 Å². The average Bonchev–Trinajstić information content (AvgIpc) is 2.35. The molecule has 2 rings (SSSR count). The van der Waals surface area contributed by atoms with Crippen LogP contribution in [-0.4, -0.2) is 11.1 Å². The lowest BCUT2D eigenvalue weighted by Gasteiger charge is -2.11. The van der Waals surface area contributed by atoms with Crippen LogP contribution in [0, 0.1) is 12.7 Å². The number of halogens is 2. The number of aryl methyl sites for hydroxylation is 1. The Hall–Kier alpha value is -2.08. The Balaban J connectivity index is 2.43. The summed E-state index contributed by atoms with van der Waals surface area (Å²) in [5.74, 6) is -1.77. The molecule has 0 unspecified atom stereocenters. The Morgan fingerprint density at radius 3 is 2.60 bits per heavy atom. The van der Waals surface area contributed by atoms with Gasteiger partial charge in [0.1, 0.15) is 5.75 Å². The number of aromatic carboxylic acids is 1. The molecular formula is C14H11BrFNO3. The van der Waals surface area contributed by atoms with Crippen LogP contribution >= 0.6 is 15.9 Å². The molecule has 0 saturated heterocycles. The molecule has 4 nitrogen and oxygen atoms in total. The molecule has 0 saturated carbocycles. The van der Waals surface area contributed by atoms with Crippen LogP contribution in [0.25, 0.3) is 0 Å². The number of hydrogen-bond donors (Lipinski definition) is 2. The van der Waals surface area contributed by atoms with Crippen LogP contribution in [-0.2, 0) is 0 Å². The van der Waals surface area contributed by atoms with Crippen molar-refractivity contribution in [1.82, 2.24) is 0 Å². The minimum Gasteiger partial charge on any atom is -0.478 e. The largest absolute Gasteiger partial charge is 0.478 e. The van der Waals surface area contributed by atoms with Gasteiger partial charge in [-0.15, -0.1) is 0 Å². The molecule has 0 amide bonds. The molecular weight excluding hydrogens is 329 g/mol. The van der Waals surface area contributed by atoms with Crippen LogP contribution in [0.1, 0.15) is 15.9 Å². The van der Waals surface area contributed by atoms with Gasteiger partial charge in [-0.1, -0.05) is 6.07 Å². The van der Waals surface area contributed by atoms with Gasteiger partial charge in [-0.05, 0) is 40.5 Å². The number of nitrogens with two attached hydrogens (primary N) is 1. The lowest BCUT2D eigenvalue weighted by Crippen LogP contribution is -2.04. The Kier molecular flexibility index (Phi) is 3.94. The first-order valence-electron chi connectivity index (χ1n) is 5.65. The van der Waals surface area contributed by atoms with Crippen molar-refractivity contribution in [1.29, 1.82) is 0 Å². The monoisotopic (exact) mass is 339 g/mol. The first-order chi connectivity index (χ1) is 9.38. The van der Waals surface area contributed by atoms with E-state index in [0.717, 1.165) is 17.7 Å². The zero-order chi connectivity index (χ0) is 14.9. The molecule has 0 aliphatic heterocycles. The maximum Gasteiger partial charge on any atom is 0.337 e. The van der Waals surface area contributed by atoms with Crippen molar-refractivity contribution in [3.63, 3.8) is 0 Å². The molecule has 20 heavy (non-hydrogen) atoms. The fourth-order valence-corrected chi connectivity index (χ4v) is 2.21. The number of carbonyl (C=O) groups is 1. The van der Waals surface area contributed by atoms with E-state index in [1.807, 2.05) is 13.0 Å². The van der Waals surface area contributed by atoms with E-state index in [2.05, 4.69) is 15.9 Å². The van der Waals surface area contributed by atoms with Crippen LogP contribution in [0.15, 0.2) is 34.8 Å². The fraction of sp³-hybridized carbons (Fsp3) is 0.0714. The first-order valence-corrected chi connectivity index (χ1v) is 6.44. The smallest absolute Gasteiger partial charge is 0.337 e. The number of ether oxygens (including phenoxy) is 1. The van der Waals surface area contributed by atoms with Crippen molar-refractivity contribution >= 4 is 27.6 Å². The molecule has 0 aromatic heterocycles. The second-order valence-electron chi connectivity index (χ2n) is 4.21. The molecule has 2 aromatic rings. The number of benzene rings is 2. The Bertz CT molecular complexity index is 688. The van der Waals surface area contributed by atoms with Crippen molar-refractivity contribution in [3.05, 3.63) is 51.7 Å². The van der Waals surface area contributed by atoms with Gasteiger partial charge in [-0.3, -0.25) is 0 Å². The molecule has 0 aliphatic carbocycles. The number of nitrogen functional groups attached to an aromatic ring is 1. The van der Waals surface area contributed by atoms with E-state index in [1.54, 1.807) is 12.1 Å². The molecule has 0 heterocycles. The topological polar surface area (TPSA) is 72.5 Å². The SMILES string of the molecule is Cc1ccc(Oc2cc(C(=O)O)c(N)cc2F)c(Br)c1. The van der Waals surface area contributed by atoms with Gasteiger partial charge < -0.3 is 15.6 Å². The Morgan fingerprint density at radius 1 is 1.30 bits per heavy atom. The molecule has 6 heteroatoms. The van der Waals surface area contributed by atoms with Gasteiger partial charge in [0.05, 0.1) is 10.0 Å². The third-order valence-corrected chi connectivity index (χ3v) is 3.26. The van der Waals surface area contributed by atoms with Crippen molar-refractivity contribution in [2.75, 3.05) is 5.73 Å². The molecule has 0 atom stereocenters. The maximum atomic E-state index is 13.8. The molecule has 2 aromatic carbocycles. The van der Waals surface area contributed by atoms with Gasteiger partial charge in [0.2, 0.25) is 0 Å². The summed E-state index contributed by atoms with van der Waals surface area (Å²) in [5.41, 5.74) is 6.10. The molecule has 0 radical (unpaired) electrons. The van der Waals surface area contributed by atoms with Crippen LogP contribution in [0.4, 0.5) is 10.1 Å². The summed E-state index contributed by atoms with van der Waals surface area (Å²) in [4.78, 5) is 11.0. The molecule has 104 valence electrons. The van der Waals surface area contributed by atoms with Gasteiger partial charge in [-0.25, -0.2) is 9.18 Å². The standard InChI is InChI=1S/C14H11BrFNO3/c1-7-2-3-12(9(15)4-7)20-13-5-8(14(18)19)11(17)6-10(13)16/h2-6H,17H2,1H3,(H,18,19). The number of anilines is 1. The highest BCUT2D eigenvalue weighted by Crippen LogP contribution is 2.33. The number of hydrogen-bond acceptors (Lipinski definition) is 3. The van der Waals surface area contributed by atoms with Crippen LogP contribution in [0.3, 0.4) is 0 Å². The predicted molar refractivity (Wildman–Crippen MR) is 76.7 cm³/mol. The van der Waals surface area contributed by atoms with Crippen LogP contribution in [0.5, 0.6) is 11.5 Å². The number of rotatable bonds is 3. The lowest BCUT2D eigenvalue weighted by molar-refractivity contribution is 0.0697. The highest BCUT2D eigenvalue weighted by atomic mass is 79.9. The van der Waals surface area contributed by atoms with Crippen molar-refractivity contribution in [2.24, 2.45) is 0 Å². The highest BCUT2D eigenvalue weighted by molar-refractivity contribution is 9.10. The predicted octanol–water partition coefficient (Wildman–Crippen LogP) is 3.97. The molecule has 0 aliphatic rings. The highest BCUT2D eigenvalue weighted by Gasteiger charge is 2.15. The normalized spacial score (nSPS) is 10.3. The van der Waals surface area contributed by atoms with E-state index < -0.39 is 11.8 Å². The number of carboxylic acids is 1. The fourth-order valence-electron chi connectivity index (χ4n) is 1.64. The van der Waals surface area contributed by atoms with E-state index >= 15 is 0 Å². The van der Waals surface area contributed by atoms with Crippen molar-refractivity contribution in [2.45, 2.75) is 6.92 Å². The minimum atomic E-state index is -1.24. The zero-order valence-corrected chi connectivity index (χ0v) is 12.1. The van der Waals surface area contributed by atoms with Crippen LogP contribution in [0.2, 0.25) is 0 Å². The van der Waals surface area contributed by atoms with E-state index in [4.69, 9.17) is 15.6 Å². The van der Waals surface area contributed by atoms with E-state index in [-0.39, 0.29) is 17.0 Å².